The lowest BCUT2D eigenvalue weighted by molar-refractivity contribution is -0.130. The topological polar surface area (TPSA) is 32.3 Å². The fourth-order valence-electron chi connectivity index (χ4n) is 1.53. The van der Waals surface area contributed by atoms with Crippen LogP contribution in [0.5, 0.6) is 0 Å². The predicted octanol–water partition coefficient (Wildman–Crippen LogP) is 1.90. The molecule has 0 aromatic carbocycles. The maximum absolute atomic E-state index is 12.6. The van der Waals surface area contributed by atoms with Crippen molar-refractivity contribution < 1.29 is 15.0 Å². The Labute approximate surface area is 102 Å². The molecule has 1 aliphatic heterocycles. The highest BCUT2D eigenvalue weighted by atomic mass is 19.3. The maximum Gasteiger partial charge on any atom is 0.272 e. The Morgan fingerprint density at radius 3 is 2.41 bits per heavy atom. The molecule has 0 unspecified atom stereocenters. The molecule has 17 heavy (non-hydrogen) atoms. The number of halogens is 2. The zero-order chi connectivity index (χ0) is 13.3. The van der Waals surface area contributed by atoms with Crippen LogP contribution in [0.2, 0.25) is 0 Å². The smallest absolute Gasteiger partial charge is 0.272 e. The van der Waals surface area contributed by atoms with Crippen LogP contribution in [-0.2, 0) is 4.79 Å². The summed E-state index contributed by atoms with van der Waals surface area (Å²) in [7, 11) is 0. The van der Waals surface area contributed by atoms with E-state index in [-0.39, 0.29) is 32.4 Å². The van der Waals surface area contributed by atoms with E-state index in [1.54, 1.807) is 0 Å². The number of nitrogens with one attached hydrogen (secondary N) is 1. The number of likely N-dealkylation sites (tertiary alicyclic amines) is 1. The van der Waals surface area contributed by atoms with Gasteiger partial charge in [0.25, 0.3) is 5.92 Å². The standard InChI is InChI=1S/C12H20F2N2O.H2/c1-9(5-16-7-12(13,14)8-16)10(17)15-6-11(2,3)4;/h1,5-8H2,2-4H3,(H,15,17);1H. The molecular formula is C12H22F2N2O. The van der Waals surface area contributed by atoms with Crippen LogP contribution in [0, 0.1) is 5.41 Å². The van der Waals surface area contributed by atoms with Crippen molar-refractivity contribution in [2.75, 3.05) is 26.2 Å². The molecule has 0 radical (unpaired) electrons. The third-order valence-corrected chi connectivity index (χ3v) is 2.42. The van der Waals surface area contributed by atoms with Crippen molar-refractivity contribution in [3.8, 4) is 0 Å². The summed E-state index contributed by atoms with van der Waals surface area (Å²) in [4.78, 5) is 13.1. The zero-order valence-corrected chi connectivity index (χ0v) is 10.6. The summed E-state index contributed by atoms with van der Waals surface area (Å²) in [6.07, 6.45) is 0. The Morgan fingerprint density at radius 2 is 2.00 bits per heavy atom. The third kappa shape index (κ3) is 4.81. The van der Waals surface area contributed by atoms with Crippen molar-refractivity contribution in [1.82, 2.24) is 10.2 Å². The molecule has 1 N–H and O–H groups in total. The fourth-order valence-corrected chi connectivity index (χ4v) is 1.53. The lowest BCUT2D eigenvalue weighted by atomic mass is 9.97. The molecule has 3 nitrogen and oxygen atoms in total. The van der Waals surface area contributed by atoms with E-state index in [0.717, 1.165) is 0 Å². The molecule has 0 aromatic heterocycles. The summed E-state index contributed by atoms with van der Waals surface area (Å²) in [6.45, 7) is 9.84. The number of rotatable bonds is 4. The highest BCUT2D eigenvalue weighted by Crippen LogP contribution is 2.26. The highest BCUT2D eigenvalue weighted by molar-refractivity contribution is 5.93. The lowest BCUT2D eigenvalue weighted by Crippen LogP contribution is -2.57. The van der Waals surface area contributed by atoms with Crippen LogP contribution in [0.1, 0.15) is 22.2 Å². The summed E-state index contributed by atoms with van der Waals surface area (Å²) >= 11 is 0. The molecule has 0 aliphatic carbocycles. The number of hydrogen-bond donors (Lipinski definition) is 1. The van der Waals surface area contributed by atoms with Crippen LogP contribution in [0.3, 0.4) is 0 Å². The van der Waals surface area contributed by atoms with Crippen molar-refractivity contribution in [2.45, 2.75) is 26.7 Å². The highest BCUT2D eigenvalue weighted by Gasteiger charge is 2.43. The van der Waals surface area contributed by atoms with E-state index >= 15 is 0 Å². The van der Waals surface area contributed by atoms with E-state index in [4.69, 9.17) is 0 Å². The van der Waals surface area contributed by atoms with E-state index in [1.165, 1.54) is 4.90 Å². The van der Waals surface area contributed by atoms with Gasteiger partial charge in [-0.3, -0.25) is 9.69 Å². The predicted molar refractivity (Wildman–Crippen MR) is 65.1 cm³/mol. The first kappa shape index (κ1) is 14.1. The normalized spacial score (nSPS) is 19.6. The Hall–Kier alpha value is -0.970. The van der Waals surface area contributed by atoms with E-state index < -0.39 is 5.92 Å². The van der Waals surface area contributed by atoms with Gasteiger partial charge < -0.3 is 5.32 Å². The van der Waals surface area contributed by atoms with E-state index in [2.05, 4.69) is 11.9 Å². The van der Waals surface area contributed by atoms with Gasteiger partial charge in [0.1, 0.15) is 0 Å². The maximum atomic E-state index is 12.6. The first-order chi connectivity index (χ1) is 7.59. The van der Waals surface area contributed by atoms with Gasteiger partial charge in [0.15, 0.2) is 0 Å². The third-order valence-electron chi connectivity index (χ3n) is 2.42. The Morgan fingerprint density at radius 1 is 1.47 bits per heavy atom. The second-order valence-corrected chi connectivity index (χ2v) is 5.85. The van der Waals surface area contributed by atoms with Crippen molar-refractivity contribution in [3.63, 3.8) is 0 Å². The molecule has 1 rings (SSSR count). The number of hydrogen-bond acceptors (Lipinski definition) is 2. The molecule has 1 amide bonds. The summed E-state index contributed by atoms with van der Waals surface area (Å²) in [5, 5.41) is 2.74. The van der Waals surface area contributed by atoms with Crippen molar-refractivity contribution in [2.24, 2.45) is 5.41 Å². The fraction of sp³-hybridized carbons (Fsp3) is 0.750. The first-order valence-electron chi connectivity index (χ1n) is 5.65. The molecule has 0 aromatic rings. The Kier molecular flexibility index (Phi) is 3.91. The monoisotopic (exact) mass is 248 g/mol. The largest absolute Gasteiger partial charge is 0.352 e. The minimum Gasteiger partial charge on any atom is -0.352 e. The molecule has 100 valence electrons. The molecule has 0 bridgehead atoms. The molecule has 5 heteroatoms. The van der Waals surface area contributed by atoms with Crippen LogP contribution >= 0.6 is 0 Å². The van der Waals surface area contributed by atoms with Gasteiger partial charge in [-0.15, -0.1) is 0 Å². The van der Waals surface area contributed by atoms with Crippen LogP contribution in [0.15, 0.2) is 12.2 Å². The first-order valence-corrected chi connectivity index (χ1v) is 5.65. The van der Waals surface area contributed by atoms with Crippen LogP contribution in [0.25, 0.3) is 0 Å². The molecule has 1 saturated heterocycles. The Bertz CT molecular complexity index is 319. The summed E-state index contributed by atoms with van der Waals surface area (Å²) < 4.78 is 25.1. The van der Waals surface area contributed by atoms with Crippen LogP contribution < -0.4 is 5.32 Å². The second-order valence-electron chi connectivity index (χ2n) is 5.85. The van der Waals surface area contributed by atoms with Gasteiger partial charge in [0, 0.05) is 20.1 Å². The molecule has 1 aliphatic rings. The van der Waals surface area contributed by atoms with Gasteiger partial charge >= 0.3 is 0 Å². The molecule has 1 heterocycles. The number of alkyl halides is 2. The molecule has 0 saturated carbocycles. The van der Waals surface area contributed by atoms with Crippen LogP contribution in [-0.4, -0.2) is 42.9 Å². The van der Waals surface area contributed by atoms with Crippen molar-refractivity contribution in [1.29, 1.82) is 0 Å². The average molecular weight is 248 g/mol. The van der Waals surface area contributed by atoms with Gasteiger partial charge in [-0.25, -0.2) is 8.78 Å². The number of carbonyl (C=O) groups is 1. The van der Waals surface area contributed by atoms with Crippen LogP contribution in [0.4, 0.5) is 8.78 Å². The van der Waals surface area contributed by atoms with Gasteiger partial charge in [-0.1, -0.05) is 27.4 Å². The SMILES string of the molecule is C=C(CN1CC(F)(F)C1)C(=O)NCC(C)(C)C.[HH]. The molecule has 0 spiro atoms. The molecule has 1 fully saturated rings. The summed E-state index contributed by atoms with van der Waals surface area (Å²) in [6, 6.07) is 0. The van der Waals surface area contributed by atoms with Gasteiger partial charge in [0.2, 0.25) is 5.91 Å². The quantitative estimate of drug-likeness (QED) is 0.771. The second kappa shape index (κ2) is 4.72. The van der Waals surface area contributed by atoms with Gasteiger partial charge in [-0.2, -0.15) is 0 Å². The number of carbonyl (C=O) groups excluding carboxylic acids is 1. The summed E-state index contributed by atoms with van der Waals surface area (Å²) in [5.74, 6) is -2.85. The number of amides is 1. The van der Waals surface area contributed by atoms with Crippen molar-refractivity contribution >= 4 is 5.91 Å². The average Bonchev–Trinajstić information content (AvgIpc) is 2.09. The molecular weight excluding hydrogens is 226 g/mol. The minimum atomic E-state index is -2.60. The van der Waals surface area contributed by atoms with E-state index in [1.807, 2.05) is 20.8 Å². The minimum absolute atomic E-state index is 0. The summed E-state index contributed by atoms with van der Waals surface area (Å²) in [5.41, 5.74) is 0.337. The van der Waals surface area contributed by atoms with E-state index in [0.29, 0.717) is 12.1 Å². The lowest BCUT2D eigenvalue weighted by Gasteiger charge is -2.38. The van der Waals surface area contributed by atoms with E-state index in [9.17, 15) is 13.6 Å². The number of nitrogens with zero attached hydrogens (tertiary/aromatic N) is 1. The zero-order valence-electron chi connectivity index (χ0n) is 10.6. The van der Waals surface area contributed by atoms with Crippen molar-refractivity contribution in [3.05, 3.63) is 12.2 Å². The Balaban J connectivity index is 0.00000289. The van der Waals surface area contributed by atoms with Gasteiger partial charge in [0.05, 0.1) is 13.1 Å². The van der Waals surface area contributed by atoms with Gasteiger partial charge in [-0.05, 0) is 5.41 Å². The molecule has 0 atom stereocenters.